The Bertz CT molecular complexity index is 1470. The van der Waals surface area contributed by atoms with Crippen LogP contribution in [0.5, 0.6) is 0 Å². The minimum absolute atomic E-state index is 0.172. The van der Waals surface area contributed by atoms with Gasteiger partial charge in [0, 0.05) is 0 Å². The van der Waals surface area contributed by atoms with Crippen molar-refractivity contribution in [1.82, 2.24) is 0 Å². The van der Waals surface area contributed by atoms with Crippen molar-refractivity contribution in [2.45, 2.75) is 415 Å². The van der Waals surface area contributed by atoms with Gasteiger partial charge in [0.25, 0.3) is 0 Å². The molecule has 0 aromatic rings. The summed E-state index contributed by atoms with van der Waals surface area (Å²) >= 11 is 0. The molecule has 4 heteroatoms. The van der Waals surface area contributed by atoms with Crippen LogP contribution in [0.2, 0.25) is 0 Å². The van der Waals surface area contributed by atoms with Gasteiger partial charge in [-0.25, -0.2) is 0 Å². The molecule has 0 N–H and O–H groups in total. The molecule has 0 aliphatic heterocycles. The summed E-state index contributed by atoms with van der Waals surface area (Å²) in [4.78, 5) is 0. The Labute approximate surface area is 539 Å². The lowest BCUT2D eigenvalue weighted by Crippen LogP contribution is -2.49. The summed E-state index contributed by atoms with van der Waals surface area (Å²) in [6, 6.07) is 0. The zero-order valence-electron chi connectivity index (χ0n) is 62.5. The Morgan fingerprint density at radius 1 is 0.247 bits per heavy atom. The highest BCUT2D eigenvalue weighted by Gasteiger charge is 2.55. The zero-order valence-corrected chi connectivity index (χ0v) is 63.4. The highest BCUT2D eigenvalue weighted by Crippen LogP contribution is 2.64. The minimum Gasteiger partial charge on any atom is -0.312 e. The van der Waals surface area contributed by atoms with Crippen LogP contribution in [-0.4, -0.2) is 19.8 Å². The van der Waals surface area contributed by atoms with Crippen molar-refractivity contribution >= 4 is 8.60 Å². The fourth-order valence-electron chi connectivity index (χ4n) is 16.6. The van der Waals surface area contributed by atoms with E-state index >= 15 is 0 Å². The smallest absolute Gasteiger partial charge is 0.312 e. The van der Waals surface area contributed by atoms with Gasteiger partial charge in [0.15, 0.2) is 0 Å². The molecule has 6 unspecified atom stereocenters. The molecule has 0 aliphatic carbocycles. The summed E-state index contributed by atoms with van der Waals surface area (Å²) in [6.45, 7) is 54.6. The predicted molar refractivity (Wildman–Crippen MR) is 387 cm³/mol. The fourth-order valence-corrected chi connectivity index (χ4v) is 17.6. The maximum atomic E-state index is 6.81. The van der Waals surface area contributed by atoms with Crippen molar-refractivity contribution in [3.05, 3.63) is 36.5 Å². The molecular weight excluding hydrogens is 1050 g/mol. The van der Waals surface area contributed by atoms with Crippen LogP contribution in [0.25, 0.3) is 0 Å². The van der Waals surface area contributed by atoms with Crippen molar-refractivity contribution in [3.63, 3.8) is 0 Å². The molecule has 0 fully saturated rings. The second-order valence-electron chi connectivity index (χ2n) is 30.5. The molecule has 0 saturated heterocycles. The molecule has 0 aromatic carbocycles. The predicted octanol–water partition coefficient (Wildman–Crippen LogP) is 29.6. The van der Waals surface area contributed by atoms with Crippen molar-refractivity contribution in [2.24, 2.45) is 48.7 Å². The molecule has 0 spiro atoms. The normalized spacial score (nSPS) is 17.8. The number of unbranched alkanes of at least 4 members (excludes halogenated alkanes) is 21. The van der Waals surface area contributed by atoms with Crippen LogP contribution >= 0.6 is 8.60 Å². The van der Waals surface area contributed by atoms with Crippen LogP contribution in [-0.2, 0) is 13.6 Å². The average Bonchev–Trinajstić information content (AvgIpc) is 0.953. The number of allylic oxidation sites excluding steroid dienone is 6. The highest BCUT2D eigenvalue weighted by atomic mass is 31.2. The van der Waals surface area contributed by atoms with Crippen molar-refractivity contribution < 1.29 is 13.6 Å². The number of hydrogen-bond donors (Lipinski definition) is 0. The lowest BCUT2D eigenvalue weighted by Gasteiger charge is -2.57. The van der Waals surface area contributed by atoms with E-state index in [1.54, 1.807) is 0 Å². The summed E-state index contributed by atoms with van der Waals surface area (Å²) in [7, 11) is -1.41. The molecule has 0 aliphatic rings. The molecule has 0 aromatic heterocycles. The molecule has 85 heavy (non-hydrogen) atoms. The van der Waals surface area contributed by atoms with Crippen molar-refractivity contribution in [1.29, 1.82) is 0 Å². The number of rotatable bonds is 60. The SMILES string of the molecule is CCC/C=C/C(C)(CC)C(CCCCCCC)(CCCCCOP(OCCCCCC(CCCCCCC)(C(C)(C)CC)C(C)(/C=C/CCC)CC)OCCCCCC(CCCCCCC)(C(C)(C)CC)C(C)(/C=C/CCC)CC)C(C)(C)CC. The van der Waals surface area contributed by atoms with Gasteiger partial charge in [0.05, 0.1) is 19.8 Å². The van der Waals surface area contributed by atoms with Crippen LogP contribution in [0.3, 0.4) is 0 Å². The molecule has 0 radical (unpaired) electrons. The van der Waals surface area contributed by atoms with Crippen molar-refractivity contribution in [2.75, 3.05) is 19.8 Å². The molecule has 0 heterocycles. The second kappa shape index (κ2) is 46.6. The first kappa shape index (κ1) is 84.5. The first-order chi connectivity index (χ1) is 40.5. The summed E-state index contributed by atoms with van der Waals surface area (Å²) in [5, 5.41) is 0. The standard InChI is InChI=1S/C81H159O3P/c1-22-34-40-43-52-64-79(73(13,14)28-7,76(19,31-10)61-49-37-25-4)67-55-46-58-70-82-85(83-71-59-47-56-68-80(74(15,16)29-8,65-53-44-41-35-23-2)77(20,32-11)62-50-38-26-5)84-72-60-48-57-69-81(75(17,18)30-9,66-54-45-42-36-24-3)78(21,33-12)63-51-39-27-6/h49-51,61-63H,22-48,52-60,64-72H2,1-21H3/b61-49+,62-50+,63-51+. The Hall–Kier alpha value is -0.470. The third-order valence-electron chi connectivity index (χ3n) is 24.3. The molecule has 506 valence electrons. The third-order valence-corrected chi connectivity index (χ3v) is 25.5. The molecule has 0 amide bonds. The lowest BCUT2D eigenvalue weighted by molar-refractivity contribution is -0.0605. The maximum absolute atomic E-state index is 6.81. The van der Waals surface area contributed by atoms with Gasteiger partial charge in [0.1, 0.15) is 0 Å². The summed E-state index contributed by atoms with van der Waals surface area (Å²) in [5.41, 5.74) is 2.02. The van der Waals surface area contributed by atoms with Gasteiger partial charge < -0.3 is 13.6 Å². The second-order valence-corrected chi connectivity index (χ2v) is 31.7. The van der Waals surface area contributed by atoms with E-state index in [-0.39, 0.29) is 48.7 Å². The van der Waals surface area contributed by atoms with E-state index in [0.29, 0.717) is 0 Å². The van der Waals surface area contributed by atoms with Gasteiger partial charge in [-0.3, -0.25) is 0 Å². The first-order valence-corrected chi connectivity index (χ1v) is 39.3. The van der Waals surface area contributed by atoms with E-state index in [2.05, 4.69) is 182 Å². The summed E-state index contributed by atoms with van der Waals surface area (Å²) < 4.78 is 20.4. The summed E-state index contributed by atoms with van der Waals surface area (Å²) in [6.07, 6.45) is 68.7. The first-order valence-electron chi connectivity index (χ1n) is 38.2. The molecule has 0 rings (SSSR count). The molecule has 6 atom stereocenters. The van der Waals surface area contributed by atoms with Crippen LogP contribution < -0.4 is 0 Å². The van der Waals surface area contributed by atoms with E-state index < -0.39 is 8.60 Å². The van der Waals surface area contributed by atoms with Gasteiger partial charge in [-0.1, -0.05) is 355 Å². The maximum Gasteiger partial charge on any atom is 0.332 e. The Balaban J connectivity index is 6.78. The molecule has 3 nitrogen and oxygen atoms in total. The van der Waals surface area contributed by atoms with Crippen LogP contribution in [0.4, 0.5) is 0 Å². The fraction of sp³-hybridized carbons (Fsp3) is 0.926. The van der Waals surface area contributed by atoms with E-state index in [9.17, 15) is 0 Å². The summed E-state index contributed by atoms with van der Waals surface area (Å²) in [5.74, 6) is 0. The molecule has 0 saturated carbocycles. The van der Waals surface area contributed by atoms with E-state index in [1.807, 2.05) is 0 Å². The van der Waals surface area contributed by atoms with Gasteiger partial charge in [-0.2, -0.15) is 0 Å². The van der Waals surface area contributed by atoms with E-state index in [1.165, 1.54) is 250 Å². The Morgan fingerprint density at radius 3 is 0.647 bits per heavy atom. The molecular formula is C81H159O3P. The minimum atomic E-state index is -1.41. The van der Waals surface area contributed by atoms with Crippen molar-refractivity contribution in [3.8, 4) is 0 Å². The van der Waals surface area contributed by atoms with Crippen LogP contribution in [0.15, 0.2) is 36.5 Å². The Kier molecular flexibility index (Phi) is 46.3. The van der Waals surface area contributed by atoms with Crippen LogP contribution in [0, 0.1) is 48.7 Å². The third kappa shape index (κ3) is 27.0. The van der Waals surface area contributed by atoms with Crippen LogP contribution in [0.1, 0.15) is 415 Å². The quantitative estimate of drug-likeness (QED) is 0.0345. The molecule has 0 bridgehead atoms. The number of hydrogen-bond acceptors (Lipinski definition) is 3. The zero-order chi connectivity index (χ0) is 64.3. The monoisotopic (exact) mass is 1210 g/mol. The van der Waals surface area contributed by atoms with Gasteiger partial charge in [0.2, 0.25) is 0 Å². The largest absolute Gasteiger partial charge is 0.332 e. The lowest BCUT2D eigenvalue weighted by atomic mass is 9.47. The van der Waals surface area contributed by atoms with Gasteiger partial charge in [-0.15, -0.1) is 0 Å². The highest BCUT2D eigenvalue weighted by molar-refractivity contribution is 7.41. The van der Waals surface area contributed by atoms with Gasteiger partial charge in [-0.05, 0) is 145 Å². The van der Waals surface area contributed by atoms with E-state index in [0.717, 1.165) is 39.1 Å². The Morgan fingerprint density at radius 2 is 0.459 bits per heavy atom. The average molecular weight is 1210 g/mol. The van der Waals surface area contributed by atoms with E-state index in [4.69, 9.17) is 13.6 Å². The van der Waals surface area contributed by atoms with Gasteiger partial charge >= 0.3 is 8.60 Å². The topological polar surface area (TPSA) is 27.7 Å².